The van der Waals surface area contributed by atoms with Crippen LogP contribution in [0.5, 0.6) is 0 Å². The van der Waals surface area contributed by atoms with E-state index in [1.165, 1.54) is 0 Å². The number of amides is 1. The smallest absolute Gasteiger partial charge is 0.242 e. The third kappa shape index (κ3) is 3.80. The Morgan fingerprint density at radius 3 is 2.84 bits per heavy atom. The third-order valence-electron chi connectivity index (χ3n) is 3.72. The predicted molar refractivity (Wildman–Crippen MR) is 72.7 cm³/mol. The van der Waals surface area contributed by atoms with E-state index in [0.717, 1.165) is 43.5 Å². The van der Waals surface area contributed by atoms with Crippen LogP contribution in [0.1, 0.15) is 43.5 Å². The van der Waals surface area contributed by atoms with E-state index in [1.54, 1.807) is 4.68 Å². The van der Waals surface area contributed by atoms with Crippen molar-refractivity contribution in [2.75, 3.05) is 0 Å². The maximum Gasteiger partial charge on any atom is 0.242 e. The summed E-state index contributed by atoms with van der Waals surface area (Å²) in [6.45, 7) is 4.08. The Morgan fingerprint density at radius 1 is 1.42 bits per heavy atom. The van der Waals surface area contributed by atoms with E-state index in [9.17, 15) is 9.90 Å². The number of rotatable bonds is 3. The van der Waals surface area contributed by atoms with Gasteiger partial charge in [-0.1, -0.05) is 19.3 Å². The summed E-state index contributed by atoms with van der Waals surface area (Å²) in [6, 6.07) is 1.85. The minimum absolute atomic E-state index is 0.0721. The van der Waals surface area contributed by atoms with Gasteiger partial charge in [-0.05, 0) is 32.8 Å². The summed E-state index contributed by atoms with van der Waals surface area (Å²) in [5.41, 5.74) is 1.90. The first kappa shape index (κ1) is 14.1. The summed E-state index contributed by atoms with van der Waals surface area (Å²) in [7, 11) is 0. The summed E-state index contributed by atoms with van der Waals surface area (Å²) in [5.74, 6) is -0.0721. The molecular formula is C14H23N3O2. The largest absolute Gasteiger partial charge is 0.391 e. The summed E-state index contributed by atoms with van der Waals surface area (Å²) in [5, 5.41) is 17.2. The standard InChI is InChI=1S/C14H23N3O2/c1-10-8-11(2)17(16-10)9-14(19)15-12-6-4-3-5-7-13(12)18/h8,12-13,18H,3-7,9H2,1-2H3,(H,15,19). The number of aliphatic hydroxyl groups excluding tert-OH is 1. The molecule has 1 aliphatic rings. The third-order valence-corrected chi connectivity index (χ3v) is 3.72. The highest BCUT2D eigenvalue weighted by molar-refractivity contribution is 5.76. The number of hydrogen-bond donors (Lipinski definition) is 2. The van der Waals surface area contributed by atoms with Crippen molar-refractivity contribution in [3.63, 3.8) is 0 Å². The van der Waals surface area contributed by atoms with Crippen LogP contribution in [-0.4, -0.2) is 32.9 Å². The van der Waals surface area contributed by atoms with Gasteiger partial charge in [0, 0.05) is 5.69 Å². The van der Waals surface area contributed by atoms with Crippen molar-refractivity contribution in [2.24, 2.45) is 0 Å². The molecule has 0 aromatic carbocycles. The Balaban J connectivity index is 1.91. The molecule has 0 bridgehead atoms. The van der Waals surface area contributed by atoms with Crippen molar-refractivity contribution in [3.8, 4) is 0 Å². The average molecular weight is 265 g/mol. The molecule has 1 aliphatic carbocycles. The zero-order chi connectivity index (χ0) is 13.8. The maximum absolute atomic E-state index is 12.0. The van der Waals surface area contributed by atoms with Crippen LogP contribution in [0.2, 0.25) is 0 Å². The molecule has 2 N–H and O–H groups in total. The van der Waals surface area contributed by atoms with E-state index in [-0.39, 0.29) is 18.5 Å². The quantitative estimate of drug-likeness (QED) is 0.810. The van der Waals surface area contributed by atoms with Gasteiger partial charge in [0.05, 0.1) is 17.8 Å². The van der Waals surface area contributed by atoms with Gasteiger partial charge in [-0.15, -0.1) is 0 Å². The topological polar surface area (TPSA) is 67.2 Å². The highest BCUT2D eigenvalue weighted by Gasteiger charge is 2.23. The molecule has 1 saturated carbocycles. The lowest BCUT2D eigenvalue weighted by molar-refractivity contribution is -0.123. The second-order valence-electron chi connectivity index (χ2n) is 5.46. The number of aliphatic hydroxyl groups is 1. The minimum atomic E-state index is -0.410. The molecular weight excluding hydrogens is 242 g/mol. The van der Waals surface area contributed by atoms with Crippen molar-refractivity contribution in [1.82, 2.24) is 15.1 Å². The number of aromatic nitrogens is 2. The van der Waals surface area contributed by atoms with E-state index >= 15 is 0 Å². The molecule has 0 spiro atoms. The molecule has 1 aromatic heterocycles. The molecule has 1 fully saturated rings. The summed E-state index contributed by atoms with van der Waals surface area (Å²) < 4.78 is 1.70. The molecule has 0 aliphatic heterocycles. The van der Waals surface area contributed by atoms with Crippen LogP contribution in [0.25, 0.3) is 0 Å². The van der Waals surface area contributed by atoms with Crippen LogP contribution in [0.15, 0.2) is 6.07 Å². The van der Waals surface area contributed by atoms with Gasteiger partial charge in [0.15, 0.2) is 0 Å². The van der Waals surface area contributed by atoms with Crippen LogP contribution in [0.3, 0.4) is 0 Å². The number of carbonyl (C=O) groups excluding carboxylic acids is 1. The zero-order valence-electron chi connectivity index (χ0n) is 11.7. The van der Waals surface area contributed by atoms with E-state index in [4.69, 9.17) is 0 Å². The Hall–Kier alpha value is -1.36. The van der Waals surface area contributed by atoms with Gasteiger partial charge in [-0.2, -0.15) is 5.10 Å². The summed E-state index contributed by atoms with van der Waals surface area (Å²) >= 11 is 0. The van der Waals surface area contributed by atoms with Crippen molar-refractivity contribution in [1.29, 1.82) is 0 Å². The molecule has 1 aromatic rings. The first-order valence-electron chi connectivity index (χ1n) is 7.05. The fourth-order valence-electron chi connectivity index (χ4n) is 2.68. The average Bonchev–Trinajstić information content (AvgIpc) is 2.53. The number of nitrogens with zero attached hydrogens (tertiary/aromatic N) is 2. The van der Waals surface area contributed by atoms with Crippen molar-refractivity contribution < 1.29 is 9.90 Å². The van der Waals surface area contributed by atoms with Gasteiger partial charge in [0.1, 0.15) is 6.54 Å². The lowest BCUT2D eigenvalue weighted by Gasteiger charge is -2.21. The van der Waals surface area contributed by atoms with Gasteiger partial charge < -0.3 is 10.4 Å². The Kier molecular flexibility index (Phi) is 4.58. The summed E-state index contributed by atoms with van der Waals surface area (Å²) in [4.78, 5) is 12.0. The molecule has 5 heteroatoms. The monoisotopic (exact) mass is 265 g/mol. The number of carbonyl (C=O) groups is 1. The predicted octanol–water partition coefficient (Wildman–Crippen LogP) is 1.31. The molecule has 2 unspecified atom stereocenters. The molecule has 5 nitrogen and oxygen atoms in total. The SMILES string of the molecule is Cc1cc(C)n(CC(=O)NC2CCCCCC2O)n1. The molecule has 19 heavy (non-hydrogen) atoms. The molecule has 1 heterocycles. The number of aryl methyl sites for hydroxylation is 2. The Labute approximate surface area is 114 Å². The number of nitrogens with one attached hydrogen (secondary N) is 1. The van der Waals surface area contributed by atoms with Crippen molar-refractivity contribution in [3.05, 3.63) is 17.5 Å². The molecule has 2 atom stereocenters. The van der Waals surface area contributed by atoms with Crippen LogP contribution < -0.4 is 5.32 Å². The molecule has 106 valence electrons. The summed E-state index contributed by atoms with van der Waals surface area (Å²) in [6.07, 6.45) is 4.50. The van der Waals surface area contributed by atoms with Crippen LogP contribution >= 0.6 is 0 Å². The normalized spacial score (nSPS) is 23.9. The number of hydrogen-bond acceptors (Lipinski definition) is 3. The lowest BCUT2D eigenvalue weighted by atomic mass is 10.1. The first-order chi connectivity index (χ1) is 9.06. The van der Waals surface area contributed by atoms with Crippen LogP contribution in [0, 0.1) is 13.8 Å². The second kappa shape index (κ2) is 6.19. The van der Waals surface area contributed by atoms with Crippen LogP contribution in [0.4, 0.5) is 0 Å². The van der Waals surface area contributed by atoms with Gasteiger partial charge in [0.25, 0.3) is 0 Å². The fourth-order valence-corrected chi connectivity index (χ4v) is 2.68. The maximum atomic E-state index is 12.0. The second-order valence-corrected chi connectivity index (χ2v) is 5.46. The zero-order valence-corrected chi connectivity index (χ0v) is 11.7. The molecule has 2 rings (SSSR count). The fraction of sp³-hybridized carbons (Fsp3) is 0.714. The molecule has 1 amide bonds. The van der Waals surface area contributed by atoms with E-state index in [1.807, 2.05) is 19.9 Å². The van der Waals surface area contributed by atoms with E-state index in [2.05, 4.69) is 10.4 Å². The first-order valence-corrected chi connectivity index (χ1v) is 7.05. The highest BCUT2D eigenvalue weighted by Crippen LogP contribution is 2.18. The molecule has 0 radical (unpaired) electrons. The van der Waals surface area contributed by atoms with E-state index < -0.39 is 6.10 Å². The van der Waals surface area contributed by atoms with Gasteiger partial charge in [0.2, 0.25) is 5.91 Å². The van der Waals surface area contributed by atoms with Crippen molar-refractivity contribution in [2.45, 2.75) is 64.6 Å². The van der Waals surface area contributed by atoms with Gasteiger partial charge >= 0.3 is 0 Å². The van der Waals surface area contributed by atoms with E-state index in [0.29, 0.717) is 0 Å². The van der Waals surface area contributed by atoms with Crippen molar-refractivity contribution >= 4 is 5.91 Å². The van der Waals surface area contributed by atoms with Gasteiger partial charge in [-0.25, -0.2) is 0 Å². The molecule has 0 saturated heterocycles. The Morgan fingerprint density at radius 2 is 2.16 bits per heavy atom. The highest BCUT2D eigenvalue weighted by atomic mass is 16.3. The minimum Gasteiger partial charge on any atom is -0.391 e. The van der Waals surface area contributed by atoms with Crippen LogP contribution in [-0.2, 0) is 11.3 Å². The lowest BCUT2D eigenvalue weighted by Crippen LogP contribution is -2.44. The van der Waals surface area contributed by atoms with Gasteiger partial charge in [-0.3, -0.25) is 9.48 Å². The Bertz CT molecular complexity index is 442.